The summed E-state index contributed by atoms with van der Waals surface area (Å²) in [7, 11) is 0. The molecule has 2 heterocycles. The fourth-order valence-electron chi connectivity index (χ4n) is 3.55. The Labute approximate surface area is 185 Å². The summed E-state index contributed by atoms with van der Waals surface area (Å²) >= 11 is 1.33. The Hall–Kier alpha value is -3.00. The van der Waals surface area contributed by atoms with Gasteiger partial charge in [-0.15, -0.1) is 0 Å². The van der Waals surface area contributed by atoms with Crippen LogP contribution in [0.3, 0.4) is 0 Å². The third-order valence-electron chi connectivity index (χ3n) is 5.03. The Bertz CT molecular complexity index is 1010. The number of benzene rings is 1. The van der Waals surface area contributed by atoms with Crippen molar-refractivity contribution in [1.29, 1.82) is 0 Å². The van der Waals surface area contributed by atoms with Crippen LogP contribution >= 0.6 is 11.8 Å². The Kier molecular flexibility index (Phi) is 6.76. The number of likely N-dealkylation sites (N-methyl/N-ethyl adjacent to an activating group) is 1. The minimum absolute atomic E-state index is 0.214. The standard InChI is InChI=1S/C23H24N2O5S/c1-2-25(16-6-3-4-7-16)21(26)15-30-23(27)18-8-5-11-24-22(18)31-17-9-10-19-20(14-17)29-13-12-28-19/h5-6,8-11,14H,2-4,7,12-13,15H2,1H3. The third-order valence-corrected chi connectivity index (χ3v) is 6.04. The van der Waals surface area contributed by atoms with Crippen molar-refractivity contribution in [2.45, 2.75) is 36.1 Å². The Morgan fingerprint density at radius 2 is 2.03 bits per heavy atom. The summed E-state index contributed by atoms with van der Waals surface area (Å²) in [6, 6.07) is 8.92. The molecule has 162 valence electrons. The molecule has 0 saturated heterocycles. The van der Waals surface area contributed by atoms with Gasteiger partial charge < -0.3 is 19.1 Å². The van der Waals surface area contributed by atoms with Crippen LogP contribution in [0.2, 0.25) is 0 Å². The van der Waals surface area contributed by atoms with E-state index in [-0.39, 0.29) is 12.5 Å². The van der Waals surface area contributed by atoms with Crippen LogP contribution in [0.15, 0.2) is 58.2 Å². The lowest BCUT2D eigenvalue weighted by molar-refractivity contribution is -0.132. The van der Waals surface area contributed by atoms with Gasteiger partial charge in [-0.1, -0.05) is 17.8 Å². The van der Waals surface area contributed by atoms with Crippen molar-refractivity contribution in [2.24, 2.45) is 0 Å². The first-order valence-electron chi connectivity index (χ1n) is 10.3. The Balaban J connectivity index is 1.43. The molecule has 1 aromatic carbocycles. The van der Waals surface area contributed by atoms with Crippen molar-refractivity contribution in [2.75, 3.05) is 26.4 Å². The van der Waals surface area contributed by atoms with Crippen LogP contribution in [-0.2, 0) is 9.53 Å². The maximum Gasteiger partial charge on any atom is 0.341 e. The van der Waals surface area contributed by atoms with Gasteiger partial charge in [0.1, 0.15) is 18.2 Å². The number of rotatable bonds is 7. The lowest BCUT2D eigenvalue weighted by Gasteiger charge is -2.22. The molecule has 7 nitrogen and oxygen atoms in total. The molecule has 2 aromatic rings. The van der Waals surface area contributed by atoms with E-state index >= 15 is 0 Å². The number of aromatic nitrogens is 1. The zero-order valence-electron chi connectivity index (χ0n) is 17.3. The molecule has 0 N–H and O–H groups in total. The number of hydrogen-bond donors (Lipinski definition) is 0. The number of esters is 1. The number of ether oxygens (including phenoxy) is 3. The molecule has 0 radical (unpaired) electrons. The monoisotopic (exact) mass is 440 g/mol. The number of pyridine rings is 1. The predicted molar refractivity (Wildman–Crippen MR) is 115 cm³/mol. The topological polar surface area (TPSA) is 78.0 Å². The summed E-state index contributed by atoms with van der Waals surface area (Å²) in [4.78, 5) is 32.2. The van der Waals surface area contributed by atoms with Gasteiger partial charge in [-0.2, -0.15) is 0 Å². The summed E-state index contributed by atoms with van der Waals surface area (Å²) in [5.74, 6) is 0.585. The maximum atomic E-state index is 12.7. The molecule has 0 saturated carbocycles. The van der Waals surface area contributed by atoms with E-state index in [1.54, 1.807) is 23.2 Å². The maximum absolute atomic E-state index is 12.7. The molecule has 0 bridgehead atoms. The number of amides is 1. The molecule has 0 atom stereocenters. The Morgan fingerprint density at radius 1 is 1.19 bits per heavy atom. The van der Waals surface area contributed by atoms with Gasteiger partial charge in [-0.25, -0.2) is 9.78 Å². The molecule has 2 aliphatic rings. The lowest BCUT2D eigenvalue weighted by atomic mass is 10.3. The van der Waals surface area contributed by atoms with Crippen molar-refractivity contribution < 1.29 is 23.8 Å². The highest BCUT2D eigenvalue weighted by Crippen LogP contribution is 2.37. The summed E-state index contributed by atoms with van der Waals surface area (Å²) in [6.07, 6.45) is 6.61. The molecule has 8 heteroatoms. The summed E-state index contributed by atoms with van der Waals surface area (Å²) in [5, 5.41) is 0.502. The molecule has 1 amide bonds. The second-order valence-corrected chi connectivity index (χ2v) is 8.13. The van der Waals surface area contributed by atoms with E-state index in [2.05, 4.69) is 11.1 Å². The van der Waals surface area contributed by atoms with E-state index in [0.29, 0.717) is 41.8 Å². The van der Waals surface area contributed by atoms with Gasteiger partial charge in [0.2, 0.25) is 0 Å². The second-order valence-electron chi connectivity index (χ2n) is 7.07. The molecular weight excluding hydrogens is 416 g/mol. The molecule has 31 heavy (non-hydrogen) atoms. The number of carbonyl (C=O) groups is 2. The van der Waals surface area contributed by atoms with Gasteiger partial charge in [0, 0.05) is 23.3 Å². The summed E-state index contributed by atoms with van der Waals surface area (Å²) in [5.41, 5.74) is 1.33. The smallest absolute Gasteiger partial charge is 0.341 e. The van der Waals surface area contributed by atoms with Crippen molar-refractivity contribution >= 4 is 23.6 Å². The SMILES string of the molecule is CCN(C(=O)COC(=O)c1cccnc1Sc1ccc2c(c1)OCCO2)C1=CCCC1. The average Bonchev–Trinajstić information content (AvgIpc) is 3.33. The number of hydrogen-bond acceptors (Lipinski definition) is 7. The van der Waals surface area contributed by atoms with Crippen molar-refractivity contribution in [3.8, 4) is 11.5 Å². The van der Waals surface area contributed by atoms with Crippen molar-refractivity contribution in [3.05, 3.63) is 53.9 Å². The van der Waals surface area contributed by atoms with E-state index in [1.165, 1.54) is 11.8 Å². The van der Waals surface area contributed by atoms with E-state index in [9.17, 15) is 9.59 Å². The van der Waals surface area contributed by atoms with E-state index in [4.69, 9.17) is 14.2 Å². The highest BCUT2D eigenvalue weighted by Gasteiger charge is 2.22. The quantitative estimate of drug-likeness (QED) is 0.601. The van der Waals surface area contributed by atoms with Gasteiger partial charge in [-0.3, -0.25) is 4.79 Å². The van der Waals surface area contributed by atoms with Crippen LogP contribution in [0.5, 0.6) is 11.5 Å². The number of carbonyl (C=O) groups excluding carboxylic acids is 2. The highest BCUT2D eigenvalue weighted by atomic mass is 32.2. The molecule has 4 rings (SSSR count). The molecule has 1 aliphatic heterocycles. The van der Waals surface area contributed by atoms with Gasteiger partial charge >= 0.3 is 5.97 Å². The predicted octanol–water partition coefficient (Wildman–Crippen LogP) is 4.08. The molecule has 1 aliphatic carbocycles. The van der Waals surface area contributed by atoms with E-state index in [0.717, 1.165) is 29.9 Å². The van der Waals surface area contributed by atoms with Crippen LogP contribution in [0, 0.1) is 0 Å². The van der Waals surface area contributed by atoms with Gasteiger partial charge in [0.15, 0.2) is 18.1 Å². The van der Waals surface area contributed by atoms with E-state index in [1.807, 2.05) is 25.1 Å². The van der Waals surface area contributed by atoms with Crippen molar-refractivity contribution in [3.63, 3.8) is 0 Å². The second kappa shape index (κ2) is 9.87. The van der Waals surface area contributed by atoms with E-state index < -0.39 is 5.97 Å². The lowest BCUT2D eigenvalue weighted by Crippen LogP contribution is -2.33. The first kappa shape index (κ1) is 21.2. The van der Waals surface area contributed by atoms with Crippen LogP contribution < -0.4 is 9.47 Å². The minimum atomic E-state index is -0.571. The average molecular weight is 441 g/mol. The van der Waals surface area contributed by atoms with Crippen molar-refractivity contribution in [1.82, 2.24) is 9.88 Å². The molecule has 0 unspecified atom stereocenters. The third kappa shape index (κ3) is 5.02. The normalized spacial score (nSPS) is 14.7. The van der Waals surface area contributed by atoms with Crippen LogP contribution in [0.25, 0.3) is 0 Å². The first-order valence-corrected chi connectivity index (χ1v) is 11.2. The first-order chi connectivity index (χ1) is 15.2. The van der Waals surface area contributed by atoms with Crippen LogP contribution in [0.1, 0.15) is 36.5 Å². The largest absolute Gasteiger partial charge is 0.486 e. The molecule has 1 aromatic heterocycles. The van der Waals surface area contributed by atoms with Crippen LogP contribution in [-0.4, -0.2) is 48.1 Å². The Morgan fingerprint density at radius 3 is 2.81 bits per heavy atom. The molecule has 0 fully saturated rings. The highest BCUT2D eigenvalue weighted by molar-refractivity contribution is 7.99. The fraction of sp³-hybridized carbons (Fsp3) is 0.348. The molecular formula is C23H24N2O5S. The van der Waals surface area contributed by atoms with Gasteiger partial charge in [0.25, 0.3) is 5.91 Å². The minimum Gasteiger partial charge on any atom is -0.486 e. The number of nitrogens with zero attached hydrogens (tertiary/aromatic N) is 2. The van der Waals surface area contributed by atoms with Gasteiger partial charge in [-0.05, 0) is 56.5 Å². The molecule has 0 spiro atoms. The zero-order valence-corrected chi connectivity index (χ0v) is 18.2. The number of fused-ring (bicyclic) bond motifs is 1. The summed E-state index contributed by atoms with van der Waals surface area (Å²) in [6.45, 7) is 3.21. The van der Waals surface area contributed by atoms with Crippen LogP contribution in [0.4, 0.5) is 0 Å². The number of allylic oxidation sites excluding steroid dienone is 2. The summed E-state index contributed by atoms with van der Waals surface area (Å²) < 4.78 is 16.5. The fourth-order valence-corrected chi connectivity index (χ4v) is 4.45. The van der Waals surface area contributed by atoms with Gasteiger partial charge in [0.05, 0.1) is 5.56 Å². The zero-order chi connectivity index (χ0) is 21.6.